The predicted octanol–water partition coefficient (Wildman–Crippen LogP) is 2.43. The minimum atomic E-state index is -0.660. The van der Waals surface area contributed by atoms with Gasteiger partial charge < -0.3 is 19.5 Å². The molecule has 0 fully saturated rings. The summed E-state index contributed by atoms with van der Waals surface area (Å²) >= 11 is 0. The summed E-state index contributed by atoms with van der Waals surface area (Å²) in [5, 5.41) is 24.3. The summed E-state index contributed by atoms with van der Waals surface area (Å²) in [6, 6.07) is 18.0. The third kappa shape index (κ3) is 5.52. The van der Waals surface area contributed by atoms with E-state index in [1.165, 1.54) is 11.1 Å². The van der Waals surface area contributed by atoms with E-state index in [2.05, 4.69) is 39.5 Å². The first-order chi connectivity index (χ1) is 17.1. The lowest BCUT2D eigenvalue weighted by molar-refractivity contribution is 0.0638. The Morgan fingerprint density at radius 2 is 1.91 bits per heavy atom. The van der Waals surface area contributed by atoms with E-state index in [0.717, 1.165) is 36.1 Å². The second kappa shape index (κ2) is 10.5. The van der Waals surface area contributed by atoms with Crippen LogP contribution in [0.1, 0.15) is 11.1 Å². The van der Waals surface area contributed by atoms with E-state index >= 15 is 0 Å². The Hall–Kier alpha value is -3.30. The quantitative estimate of drug-likeness (QED) is 0.321. The highest BCUT2D eigenvalue weighted by Crippen LogP contribution is 2.24. The van der Waals surface area contributed by atoms with Crippen LogP contribution in [0, 0.1) is 0 Å². The van der Waals surface area contributed by atoms with Crippen LogP contribution in [-0.4, -0.2) is 68.7 Å². The Labute approximate surface area is 204 Å². The number of β-amino-alcohol motifs (C(OH)–C–C–N with tert-alkyl or cyclic N) is 1. The number of rotatable bonds is 9. The van der Waals surface area contributed by atoms with Gasteiger partial charge in [-0.25, -0.2) is 9.97 Å². The highest BCUT2D eigenvalue weighted by atomic mass is 16.5. The van der Waals surface area contributed by atoms with Crippen molar-refractivity contribution >= 4 is 11.0 Å². The Bertz CT molecular complexity index is 1290. The molecule has 0 bridgehead atoms. The van der Waals surface area contributed by atoms with Crippen LogP contribution >= 0.6 is 0 Å². The number of fused-ring (bicyclic) bond motifs is 2. The molecule has 5 rings (SSSR count). The van der Waals surface area contributed by atoms with Crippen LogP contribution in [0.2, 0.25) is 0 Å². The zero-order valence-electron chi connectivity index (χ0n) is 19.8. The van der Waals surface area contributed by atoms with Crippen LogP contribution in [0.3, 0.4) is 0 Å². The van der Waals surface area contributed by atoms with Crippen LogP contribution in [-0.2, 0) is 19.5 Å². The fraction of sp³-hybridized carbons (Fsp3) is 0.333. The molecule has 3 N–H and O–H groups in total. The highest BCUT2D eigenvalue weighted by molar-refractivity contribution is 5.77. The molecule has 1 aliphatic rings. The van der Waals surface area contributed by atoms with E-state index in [0.29, 0.717) is 24.7 Å². The standard InChI is InChI=1S/C27H31N5O3/c1-28-25(34)17-32-12-10-21-14-29-26(30-27(21)32)20-7-4-8-24(13-20)35-18-23(33)16-31-11-9-19-5-2-3-6-22(19)15-31/h2-8,10,12-14,23,25,28,33-34H,9,11,15-18H2,1H3. The van der Waals surface area contributed by atoms with Gasteiger partial charge in [0, 0.05) is 43.0 Å². The summed E-state index contributed by atoms with van der Waals surface area (Å²) in [4.78, 5) is 11.5. The number of ether oxygens (including phenoxy) is 1. The number of likely N-dealkylation sites (N-methyl/N-ethyl adjacent to an activating group) is 1. The topological polar surface area (TPSA) is 95.7 Å². The molecule has 8 nitrogen and oxygen atoms in total. The molecule has 3 heterocycles. The largest absolute Gasteiger partial charge is 0.491 e. The van der Waals surface area contributed by atoms with Crippen molar-refractivity contribution in [3.8, 4) is 17.1 Å². The van der Waals surface area contributed by atoms with E-state index in [9.17, 15) is 10.2 Å². The molecule has 0 saturated carbocycles. The number of aliphatic hydroxyl groups is 2. The molecule has 0 spiro atoms. The summed E-state index contributed by atoms with van der Waals surface area (Å²) in [6.45, 7) is 2.97. The van der Waals surface area contributed by atoms with Gasteiger partial charge in [0.05, 0.1) is 6.54 Å². The molecule has 2 aromatic heterocycles. The highest BCUT2D eigenvalue weighted by Gasteiger charge is 2.19. The van der Waals surface area contributed by atoms with E-state index in [1.54, 1.807) is 13.2 Å². The van der Waals surface area contributed by atoms with Crippen molar-refractivity contribution in [2.75, 3.05) is 26.7 Å². The lowest BCUT2D eigenvalue weighted by atomic mass is 10.00. The summed E-state index contributed by atoms with van der Waals surface area (Å²) in [7, 11) is 1.71. The molecule has 8 heteroatoms. The molecular formula is C27H31N5O3. The van der Waals surface area contributed by atoms with Gasteiger partial charge in [-0.2, -0.15) is 0 Å². The van der Waals surface area contributed by atoms with Crippen LogP contribution in [0.25, 0.3) is 22.4 Å². The maximum Gasteiger partial charge on any atom is 0.161 e. The van der Waals surface area contributed by atoms with E-state index < -0.39 is 12.3 Å². The second-order valence-electron chi connectivity index (χ2n) is 8.99. The minimum absolute atomic E-state index is 0.215. The van der Waals surface area contributed by atoms with E-state index in [1.807, 2.05) is 41.1 Å². The maximum atomic E-state index is 10.6. The van der Waals surface area contributed by atoms with E-state index in [4.69, 9.17) is 9.72 Å². The number of aromatic nitrogens is 3. The first-order valence-electron chi connectivity index (χ1n) is 12.0. The third-order valence-corrected chi connectivity index (χ3v) is 6.42. The maximum absolute atomic E-state index is 10.6. The average molecular weight is 474 g/mol. The molecule has 0 amide bonds. The molecule has 1 aliphatic heterocycles. The van der Waals surface area contributed by atoms with Gasteiger partial charge in [0.2, 0.25) is 0 Å². The van der Waals surface area contributed by atoms with Gasteiger partial charge in [-0.3, -0.25) is 10.2 Å². The van der Waals surface area contributed by atoms with Gasteiger partial charge in [-0.15, -0.1) is 0 Å². The molecule has 182 valence electrons. The summed E-state index contributed by atoms with van der Waals surface area (Å²) in [5.74, 6) is 1.24. The molecule has 0 saturated heterocycles. The lowest BCUT2D eigenvalue weighted by Crippen LogP contribution is -2.38. The smallest absolute Gasteiger partial charge is 0.161 e. The molecule has 2 unspecified atom stereocenters. The number of nitrogens with zero attached hydrogens (tertiary/aromatic N) is 4. The summed E-state index contributed by atoms with van der Waals surface area (Å²) in [6.07, 6.45) is 3.44. The van der Waals surface area contributed by atoms with Crippen molar-refractivity contribution in [3.05, 3.63) is 78.1 Å². The van der Waals surface area contributed by atoms with Crippen molar-refractivity contribution in [2.45, 2.75) is 31.8 Å². The monoisotopic (exact) mass is 473 g/mol. The van der Waals surface area contributed by atoms with Gasteiger partial charge in [-0.1, -0.05) is 36.4 Å². The van der Waals surface area contributed by atoms with Crippen molar-refractivity contribution < 1.29 is 14.9 Å². The van der Waals surface area contributed by atoms with Gasteiger partial charge >= 0.3 is 0 Å². The SMILES string of the molecule is CNC(O)Cn1ccc2cnc(-c3cccc(OCC(O)CN4CCc5ccccc5C4)c3)nc21. The fourth-order valence-corrected chi connectivity index (χ4v) is 4.51. The molecule has 2 atom stereocenters. The van der Waals surface area contributed by atoms with Gasteiger partial charge in [0.15, 0.2) is 5.82 Å². The van der Waals surface area contributed by atoms with E-state index in [-0.39, 0.29) is 6.61 Å². The van der Waals surface area contributed by atoms with Gasteiger partial charge in [0.1, 0.15) is 30.3 Å². The van der Waals surface area contributed by atoms with Crippen LogP contribution in [0.5, 0.6) is 5.75 Å². The van der Waals surface area contributed by atoms with Crippen molar-refractivity contribution in [1.29, 1.82) is 0 Å². The van der Waals surface area contributed by atoms with Crippen molar-refractivity contribution in [2.24, 2.45) is 0 Å². The summed E-state index contributed by atoms with van der Waals surface area (Å²) < 4.78 is 7.83. The van der Waals surface area contributed by atoms with Crippen LogP contribution < -0.4 is 10.1 Å². The number of aliphatic hydroxyl groups excluding tert-OH is 2. The van der Waals surface area contributed by atoms with Gasteiger partial charge in [-0.05, 0) is 42.8 Å². The van der Waals surface area contributed by atoms with Gasteiger partial charge in [0.25, 0.3) is 0 Å². The average Bonchev–Trinajstić information content (AvgIpc) is 3.29. The lowest BCUT2D eigenvalue weighted by Gasteiger charge is -2.30. The number of hydrogen-bond acceptors (Lipinski definition) is 7. The third-order valence-electron chi connectivity index (χ3n) is 6.42. The van der Waals surface area contributed by atoms with Crippen LogP contribution in [0.4, 0.5) is 0 Å². The Morgan fingerprint density at radius 3 is 2.77 bits per heavy atom. The molecule has 2 aromatic carbocycles. The Balaban J connectivity index is 1.22. The van der Waals surface area contributed by atoms with Crippen molar-refractivity contribution in [1.82, 2.24) is 24.8 Å². The first kappa shape index (κ1) is 23.4. The predicted molar refractivity (Wildman–Crippen MR) is 135 cm³/mol. The number of hydrogen-bond donors (Lipinski definition) is 3. The summed E-state index contributed by atoms with van der Waals surface area (Å²) in [5.41, 5.74) is 4.32. The molecule has 0 radical (unpaired) electrons. The number of benzene rings is 2. The zero-order chi connectivity index (χ0) is 24.2. The van der Waals surface area contributed by atoms with Crippen molar-refractivity contribution in [3.63, 3.8) is 0 Å². The first-order valence-corrected chi connectivity index (χ1v) is 12.0. The molecule has 4 aromatic rings. The van der Waals surface area contributed by atoms with Crippen LogP contribution in [0.15, 0.2) is 67.0 Å². The Morgan fingerprint density at radius 1 is 1.06 bits per heavy atom. The zero-order valence-corrected chi connectivity index (χ0v) is 19.8. The second-order valence-corrected chi connectivity index (χ2v) is 8.99. The minimum Gasteiger partial charge on any atom is -0.491 e. The normalized spacial score (nSPS) is 15.6. The molecular weight excluding hydrogens is 442 g/mol. The fourth-order valence-electron chi connectivity index (χ4n) is 4.51. The molecule has 35 heavy (non-hydrogen) atoms. The number of nitrogens with one attached hydrogen (secondary N) is 1. The molecule has 0 aliphatic carbocycles. The Kier molecular flexibility index (Phi) is 7.06.